The molecule has 49 heavy (non-hydrogen) atoms. The molecular weight excluding hydrogens is 631 g/mol. The Labute approximate surface area is 281 Å². The zero-order valence-corrected chi connectivity index (χ0v) is 26.9. The van der Waals surface area contributed by atoms with E-state index in [9.17, 15) is 22.8 Å². The second-order valence-corrected chi connectivity index (χ2v) is 12.0. The third-order valence-corrected chi connectivity index (χ3v) is 9.01. The van der Waals surface area contributed by atoms with Crippen molar-refractivity contribution in [1.29, 1.82) is 0 Å². The van der Waals surface area contributed by atoms with E-state index in [0.717, 1.165) is 30.4 Å². The number of carbonyl (C=O) groups excluding carboxylic acids is 2. The largest absolute Gasteiger partial charge is 0.456 e. The zero-order valence-electron chi connectivity index (χ0n) is 26.9. The summed E-state index contributed by atoms with van der Waals surface area (Å²) in [6.07, 6.45) is -4.80. The number of anilines is 4. The van der Waals surface area contributed by atoms with Crippen molar-refractivity contribution in [3.05, 3.63) is 142 Å². The van der Waals surface area contributed by atoms with Gasteiger partial charge in [-0.25, -0.2) is 4.79 Å². The Morgan fingerprint density at radius 3 is 2.27 bits per heavy atom. The van der Waals surface area contributed by atoms with Crippen LogP contribution in [-0.2, 0) is 16.5 Å². The van der Waals surface area contributed by atoms with E-state index in [-0.39, 0.29) is 5.69 Å². The van der Waals surface area contributed by atoms with Crippen LogP contribution in [0.2, 0.25) is 0 Å². The third kappa shape index (κ3) is 5.43. The highest BCUT2D eigenvalue weighted by atomic mass is 19.4. The SMILES string of the molecule is CCN(CC)c1ccc2c(c1)Oc1ccc(Nc3cccc(C(F)(F)F)c3C(=O)Nc3ccc(C)cc3)cc1C21OC(=O)c2ccccc21. The maximum atomic E-state index is 14.3. The van der Waals surface area contributed by atoms with E-state index in [4.69, 9.17) is 9.47 Å². The first-order chi connectivity index (χ1) is 23.5. The fraction of sp³-hybridized carbons (Fsp3) is 0.179. The number of nitrogens with one attached hydrogen (secondary N) is 2. The highest BCUT2D eigenvalue weighted by molar-refractivity contribution is 6.09. The third-order valence-electron chi connectivity index (χ3n) is 9.01. The Bertz CT molecular complexity index is 2110. The molecule has 10 heteroatoms. The van der Waals surface area contributed by atoms with E-state index in [0.29, 0.717) is 45.1 Å². The van der Waals surface area contributed by atoms with Gasteiger partial charge in [0.1, 0.15) is 11.5 Å². The van der Waals surface area contributed by atoms with Gasteiger partial charge in [0, 0.05) is 52.9 Å². The predicted molar refractivity (Wildman–Crippen MR) is 182 cm³/mol. The molecule has 2 N–H and O–H groups in total. The van der Waals surface area contributed by atoms with Crippen molar-refractivity contribution >= 4 is 34.6 Å². The maximum Gasteiger partial charge on any atom is 0.417 e. The van der Waals surface area contributed by atoms with Crippen molar-refractivity contribution in [2.24, 2.45) is 0 Å². The van der Waals surface area contributed by atoms with E-state index in [1.807, 2.05) is 37.3 Å². The second-order valence-electron chi connectivity index (χ2n) is 12.0. The van der Waals surface area contributed by atoms with Crippen LogP contribution in [0.25, 0.3) is 0 Å². The van der Waals surface area contributed by atoms with Gasteiger partial charge in [0.05, 0.1) is 22.4 Å². The summed E-state index contributed by atoms with van der Waals surface area (Å²) in [5.74, 6) is -0.488. The van der Waals surface area contributed by atoms with Crippen molar-refractivity contribution in [2.75, 3.05) is 28.6 Å². The summed E-state index contributed by atoms with van der Waals surface area (Å²) >= 11 is 0. The first-order valence-electron chi connectivity index (χ1n) is 15.9. The van der Waals surface area contributed by atoms with Crippen LogP contribution in [0.5, 0.6) is 11.5 Å². The molecule has 1 unspecified atom stereocenters. The van der Waals surface area contributed by atoms with Crippen molar-refractivity contribution in [3.63, 3.8) is 0 Å². The summed E-state index contributed by atoms with van der Waals surface area (Å²) in [7, 11) is 0. The molecule has 7 rings (SSSR count). The minimum absolute atomic E-state index is 0.0572. The van der Waals surface area contributed by atoms with E-state index in [2.05, 4.69) is 29.4 Å². The Morgan fingerprint density at radius 2 is 1.53 bits per heavy atom. The number of hydrogen-bond acceptors (Lipinski definition) is 6. The number of amides is 1. The molecule has 1 spiro atoms. The number of aryl methyl sites for hydroxylation is 1. The maximum absolute atomic E-state index is 14.3. The molecule has 2 heterocycles. The molecule has 5 aromatic carbocycles. The molecule has 0 aromatic heterocycles. The topological polar surface area (TPSA) is 79.9 Å². The normalized spacial score (nSPS) is 15.8. The van der Waals surface area contributed by atoms with E-state index < -0.39 is 34.8 Å². The van der Waals surface area contributed by atoms with E-state index in [1.165, 1.54) is 12.1 Å². The molecule has 2 aliphatic rings. The molecule has 0 saturated heterocycles. The van der Waals surface area contributed by atoms with Crippen LogP contribution in [0.4, 0.5) is 35.9 Å². The lowest BCUT2D eigenvalue weighted by molar-refractivity contribution is -0.137. The Balaban J connectivity index is 1.35. The standard InChI is InChI=1S/C39H32F3N3O4/c1-4-45(5-2)26-18-19-29-34(22-26)48-33-20-17-25(21-31(33)38(29)28-10-7-6-9-27(28)37(47)49-38)43-32-12-8-11-30(39(40,41)42)35(32)36(46)44-24-15-13-23(3)14-16-24/h6-22,43H,4-5H2,1-3H3,(H,44,46). The number of ether oxygens (including phenoxy) is 2. The fourth-order valence-corrected chi connectivity index (χ4v) is 6.65. The van der Waals surface area contributed by atoms with E-state index in [1.54, 1.807) is 54.6 Å². The zero-order chi connectivity index (χ0) is 34.5. The molecule has 7 nitrogen and oxygen atoms in total. The van der Waals surface area contributed by atoms with Crippen LogP contribution >= 0.6 is 0 Å². The Morgan fingerprint density at radius 1 is 0.796 bits per heavy atom. The van der Waals surface area contributed by atoms with Gasteiger partial charge in [0.2, 0.25) is 0 Å². The molecular formula is C39H32F3N3O4. The van der Waals surface area contributed by atoms with Crippen molar-refractivity contribution < 1.29 is 32.2 Å². The average Bonchev–Trinajstić information content (AvgIpc) is 3.38. The summed E-state index contributed by atoms with van der Waals surface area (Å²) in [5.41, 5.74) is 1.62. The number of esters is 1. The summed E-state index contributed by atoms with van der Waals surface area (Å²) in [6, 6.07) is 28.2. The quantitative estimate of drug-likeness (QED) is 0.169. The molecule has 0 fully saturated rings. The van der Waals surface area contributed by atoms with Crippen LogP contribution in [0.1, 0.15) is 62.4 Å². The second kappa shape index (κ2) is 12.0. The van der Waals surface area contributed by atoms with Crippen LogP contribution in [-0.4, -0.2) is 25.0 Å². The molecule has 0 bridgehead atoms. The lowest BCUT2D eigenvalue weighted by atomic mass is 9.77. The van der Waals surface area contributed by atoms with Gasteiger partial charge in [-0.15, -0.1) is 0 Å². The minimum atomic E-state index is -4.80. The predicted octanol–water partition coefficient (Wildman–Crippen LogP) is 9.42. The fourth-order valence-electron chi connectivity index (χ4n) is 6.65. The van der Waals surface area contributed by atoms with Gasteiger partial charge < -0.3 is 25.0 Å². The summed E-state index contributed by atoms with van der Waals surface area (Å²) in [6.45, 7) is 7.56. The molecule has 2 aliphatic heterocycles. The number of fused-ring (bicyclic) bond motifs is 6. The highest BCUT2D eigenvalue weighted by Crippen LogP contribution is 2.57. The number of benzene rings is 5. The van der Waals surface area contributed by atoms with Crippen LogP contribution in [0.3, 0.4) is 0 Å². The first kappa shape index (κ1) is 31.8. The van der Waals surface area contributed by atoms with Gasteiger partial charge in [-0.3, -0.25) is 4.79 Å². The number of alkyl halides is 3. The van der Waals surface area contributed by atoms with Crippen LogP contribution in [0, 0.1) is 6.92 Å². The number of nitrogens with zero attached hydrogens (tertiary/aromatic N) is 1. The summed E-state index contributed by atoms with van der Waals surface area (Å²) in [5, 5.41) is 5.65. The monoisotopic (exact) mass is 663 g/mol. The van der Waals surface area contributed by atoms with Crippen molar-refractivity contribution in [3.8, 4) is 11.5 Å². The van der Waals surface area contributed by atoms with Crippen molar-refractivity contribution in [2.45, 2.75) is 32.5 Å². The van der Waals surface area contributed by atoms with Gasteiger partial charge >= 0.3 is 12.1 Å². The van der Waals surface area contributed by atoms with Gasteiger partial charge in [0.25, 0.3) is 5.91 Å². The molecule has 1 atom stereocenters. The van der Waals surface area contributed by atoms with Gasteiger partial charge in [-0.2, -0.15) is 13.2 Å². The molecule has 1 amide bonds. The highest BCUT2D eigenvalue weighted by Gasteiger charge is 2.53. The molecule has 248 valence electrons. The van der Waals surface area contributed by atoms with E-state index >= 15 is 0 Å². The first-order valence-corrected chi connectivity index (χ1v) is 15.9. The van der Waals surface area contributed by atoms with Gasteiger partial charge in [-0.1, -0.05) is 42.0 Å². The average molecular weight is 664 g/mol. The number of hydrogen-bond donors (Lipinski definition) is 2. The van der Waals surface area contributed by atoms with Crippen molar-refractivity contribution in [1.82, 2.24) is 0 Å². The molecule has 0 saturated carbocycles. The van der Waals surface area contributed by atoms with Gasteiger partial charge in [-0.05, 0) is 81.4 Å². The number of halogens is 3. The Kier molecular flexibility index (Phi) is 7.81. The lowest BCUT2D eigenvalue weighted by Gasteiger charge is -2.37. The smallest absolute Gasteiger partial charge is 0.417 e. The number of carbonyl (C=O) groups is 2. The minimum Gasteiger partial charge on any atom is -0.456 e. The molecule has 0 radical (unpaired) electrons. The lowest BCUT2D eigenvalue weighted by Crippen LogP contribution is -2.33. The van der Waals surface area contributed by atoms with Gasteiger partial charge in [0.15, 0.2) is 5.60 Å². The van der Waals surface area contributed by atoms with Crippen LogP contribution in [0.15, 0.2) is 103 Å². The Hall–Kier alpha value is -5.77. The molecule has 5 aromatic rings. The number of rotatable bonds is 7. The van der Waals surface area contributed by atoms with Crippen LogP contribution < -0.4 is 20.3 Å². The summed E-state index contributed by atoms with van der Waals surface area (Å²) in [4.78, 5) is 29.1. The molecule has 0 aliphatic carbocycles. The summed E-state index contributed by atoms with van der Waals surface area (Å²) < 4.78 is 55.7.